The second kappa shape index (κ2) is 7.27. The first-order valence-corrected chi connectivity index (χ1v) is 8.58. The molecule has 26 heavy (non-hydrogen) atoms. The van der Waals surface area contributed by atoms with Crippen LogP contribution in [0.2, 0.25) is 5.02 Å². The lowest BCUT2D eigenvalue weighted by Crippen LogP contribution is -2.40. The van der Waals surface area contributed by atoms with Crippen molar-refractivity contribution in [1.29, 1.82) is 5.26 Å². The van der Waals surface area contributed by atoms with Crippen LogP contribution in [0.25, 0.3) is 0 Å². The number of nitriles is 1. The van der Waals surface area contributed by atoms with Gasteiger partial charge in [-0.25, -0.2) is 0 Å². The molecular formula is C20H19ClN2O3. The van der Waals surface area contributed by atoms with E-state index in [1.807, 2.05) is 41.3 Å². The van der Waals surface area contributed by atoms with Crippen molar-refractivity contribution < 1.29 is 14.3 Å². The number of esters is 1. The standard InChI is InChI=1S/C20H19ClN2O3/c1-25-18-9-7-17(8-10-18)23-12-14(19(24)26-2)11-20(23,13-22)15-3-5-16(21)6-4-15/h3-10,14H,11-12H2,1-2H3. The molecule has 2 atom stereocenters. The summed E-state index contributed by atoms with van der Waals surface area (Å²) in [6, 6.07) is 17.1. The lowest BCUT2D eigenvalue weighted by molar-refractivity contribution is -0.144. The molecular weight excluding hydrogens is 352 g/mol. The van der Waals surface area contributed by atoms with Gasteiger partial charge in [0.2, 0.25) is 0 Å². The summed E-state index contributed by atoms with van der Waals surface area (Å²) in [5.41, 5.74) is 0.665. The van der Waals surface area contributed by atoms with Gasteiger partial charge in [0, 0.05) is 23.7 Å². The molecule has 1 saturated heterocycles. The van der Waals surface area contributed by atoms with Gasteiger partial charge in [0.15, 0.2) is 5.54 Å². The van der Waals surface area contributed by atoms with Crippen molar-refractivity contribution in [3.05, 3.63) is 59.1 Å². The van der Waals surface area contributed by atoms with Crippen LogP contribution in [0.4, 0.5) is 5.69 Å². The first kappa shape index (κ1) is 18.1. The number of hydrogen-bond donors (Lipinski definition) is 0. The average Bonchev–Trinajstić information content (AvgIpc) is 3.09. The van der Waals surface area contributed by atoms with E-state index < -0.39 is 11.5 Å². The van der Waals surface area contributed by atoms with Gasteiger partial charge in [-0.3, -0.25) is 4.79 Å². The SMILES string of the molecule is COC(=O)C1CN(c2ccc(OC)cc2)C(C#N)(c2ccc(Cl)cc2)C1. The molecule has 0 amide bonds. The molecule has 1 aliphatic rings. The molecule has 0 spiro atoms. The zero-order valence-electron chi connectivity index (χ0n) is 14.6. The lowest BCUT2D eigenvalue weighted by atomic mass is 9.86. The average molecular weight is 371 g/mol. The molecule has 0 saturated carbocycles. The normalized spacial score (nSPS) is 21.9. The Morgan fingerprint density at radius 2 is 1.85 bits per heavy atom. The van der Waals surface area contributed by atoms with Gasteiger partial charge in [0.05, 0.1) is 26.2 Å². The van der Waals surface area contributed by atoms with E-state index in [0.717, 1.165) is 17.0 Å². The van der Waals surface area contributed by atoms with Crippen molar-refractivity contribution in [2.24, 2.45) is 5.92 Å². The Hall–Kier alpha value is -2.71. The van der Waals surface area contributed by atoms with E-state index in [1.54, 1.807) is 19.2 Å². The van der Waals surface area contributed by atoms with Crippen molar-refractivity contribution in [3.63, 3.8) is 0 Å². The predicted octanol–water partition coefficient (Wildman–Crippen LogP) is 3.77. The molecule has 3 rings (SSSR count). The summed E-state index contributed by atoms with van der Waals surface area (Å²) in [4.78, 5) is 14.1. The molecule has 1 heterocycles. The fourth-order valence-electron chi connectivity index (χ4n) is 3.49. The van der Waals surface area contributed by atoms with Crippen LogP contribution in [0.5, 0.6) is 5.75 Å². The molecule has 0 N–H and O–H groups in total. The van der Waals surface area contributed by atoms with Crippen LogP contribution in [0.15, 0.2) is 48.5 Å². The van der Waals surface area contributed by atoms with Crippen molar-refractivity contribution in [2.75, 3.05) is 25.7 Å². The monoisotopic (exact) mass is 370 g/mol. The van der Waals surface area contributed by atoms with E-state index in [0.29, 0.717) is 18.0 Å². The number of halogens is 1. The minimum atomic E-state index is -0.974. The highest BCUT2D eigenvalue weighted by Crippen LogP contribution is 2.45. The van der Waals surface area contributed by atoms with Gasteiger partial charge in [-0.2, -0.15) is 5.26 Å². The van der Waals surface area contributed by atoms with Crippen LogP contribution in [0.1, 0.15) is 12.0 Å². The molecule has 0 bridgehead atoms. The van der Waals surface area contributed by atoms with Gasteiger partial charge in [-0.05, 0) is 42.0 Å². The van der Waals surface area contributed by atoms with Crippen molar-refractivity contribution in [2.45, 2.75) is 12.0 Å². The number of rotatable bonds is 4. The molecule has 1 fully saturated rings. The number of hydrogen-bond acceptors (Lipinski definition) is 5. The number of anilines is 1. The van der Waals surface area contributed by atoms with Gasteiger partial charge in [0.25, 0.3) is 0 Å². The third-order valence-electron chi connectivity index (χ3n) is 4.83. The first-order chi connectivity index (χ1) is 12.5. The smallest absolute Gasteiger partial charge is 0.310 e. The molecule has 5 nitrogen and oxygen atoms in total. The van der Waals surface area contributed by atoms with E-state index in [-0.39, 0.29) is 5.97 Å². The van der Waals surface area contributed by atoms with Crippen LogP contribution in [-0.2, 0) is 15.1 Å². The second-order valence-electron chi connectivity index (χ2n) is 6.21. The highest BCUT2D eigenvalue weighted by atomic mass is 35.5. The van der Waals surface area contributed by atoms with Crippen molar-refractivity contribution >= 4 is 23.3 Å². The first-order valence-electron chi connectivity index (χ1n) is 8.21. The number of nitrogens with zero attached hydrogens (tertiary/aromatic N) is 2. The third-order valence-corrected chi connectivity index (χ3v) is 5.08. The zero-order valence-corrected chi connectivity index (χ0v) is 15.4. The molecule has 134 valence electrons. The van der Waals surface area contributed by atoms with Crippen LogP contribution in [-0.4, -0.2) is 26.7 Å². The summed E-state index contributed by atoms with van der Waals surface area (Å²) >= 11 is 6.01. The number of carbonyl (C=O) groups is 1. The Bertz CT molecular complexity index is 830. The zero-order chi connectivity index (χ0) is 18.7. The molecule has 0 aromatic heterocycles. The Kier molecular flexibility index (Phi) is 5.06. The highest BCUT2D eigenvalue weighted by Gasteiger charge is 2.50. The molecule has 2 unspecified atom stereocenters. The van der Waals surface area contributed by atoms with Gasteiger partial charge in [-0.1, -0.05) is 23.7 Å². The minimum Gasteiger partial charge on any atom is -0.497 e. The molecule has 6 heteroatoms. The molecule has 1 aliphatic heterocycles. The minimum absolute atomic E-state index is 0.311. The topological polar surface area (TPSA) is 62.6 Å². The van der Waals surface area contributed by atoms with E-state index in [1.165, 1.54) is 7.11 Å². The molecule has 2 aromatic carbocycles. The molecule has 0 radical (unpaired) electrons. The van der Waals surface area contributed by atoms with Gasteiger partial charge in [0.1, 0.15) is 5.75 Å². The molecule has 0 aliphatic carbocycles. The van der Waals surface area contributed by atoms with Crippen molar-refractivity contribution in [1.82, 2.24) is 0 Å². The maximum Gasteiger partial charge on any atom is 0.310 e. The van der Waals surface area contributed by atoms with E-state index in [4.69, 9.17) is 21.1 Å². The Morgan fingerprint density at radius 1 is 1.19 bits per heavy atom. The highest BCUT2D eigenvalue weighted by molar-refractivity contribution is 6.30. The summed E-state index contributed by atoms with van der Waals surface area (Å²) in [5.74, 6) is 0.0264. The maximum absolute atomic E-state index is 12.2. The van der Waals surface area contributed by atoms with Gasteiger partial charge >= 0.3 is 5.97 Å². The fourth-order valence-corrected chi connectivity index (χ4v) is 3.62. The Balaban J connectivity index is 2.08. The summed E-state index contributed by atoms with van der Waals surface area (Å²) in [7, 11) is 2.97. The second-order valence-corrected chi connectivity index (χ2v) is 6.65. The number of methoxy groups -OCH3 is 2. The maximum atomic E-state index is 12.2. The summed E-state index contributed by atoms with van der Waals surface area (Å²) < 4.78 is 10.1. The largest absolute Gasteiger partial charge is 0.497 e. The van der Waals surface area contributed by atoms with Gasteiger partial charge in [-0.15, -0.1) is 0 Å². The van der Waals surface area contributed by atoms with E-state index in [9.17, 15) is 10.1 Å². The van der Waals surface area contributed by atoms with Crippen LogP contribution < -0.4 is 9.64 Å². The quantitative estimate of drug-likeness (QED) is 0.766. The molecule has 2 aromatic rings. The summed E-state index contributed by atoms with van der Waals surface area (Å²) in [5, 5.41) is 10.7. The number of benzene rings is 2. The Morgan fingerprint density at radius 3 is 2.38 bits per heavy atom. The van der Waals surface area contributed by atoms with Crippen LogP contribution >= 0.6 is 11.6 Å². The van der Waals surface area contributed by atoms with Crippen molar-refractivity contribution in [3.8, 4) is 11.8 Å². The number of ether oxygens (including phenoxy) is 2. The third kappa shape index (κ3) is 3.09. The van der Waals surface area contributed by atoms with Gasteiger partial charge < -0.3 is 14.4 Å². The summed E-state index contributed by atoms with van der Waals surface area (Å²) in [6.07, 6.45) is 0.351. The van der Waals surface area contributed by atoms with E-state index >= 15 is 0 Å². The predicted molar refractivity (Wildman–Crippen MR) is 99.2 cm³/mol. The van der Waals surface area contributed by atoms with Crippen LogP contribution in [0.3, 0.4) is 0 Å². The number of carbonyl (C=O) groups excluding carboxylic acids is 1. The lowest BCUT2D eigenvalue weighted by Gasteiger charge is -2.34. The summed E-state index contributed by atoms with van der Waals surface area (Å²) in [6.45, 7) is 0.398. The van der Waals surface area contributed by atoms with Crippen LogP contribution in [0, 0.1) is 17.2 Å². The fraction of sp³-hybridized carbons (Fsp3) is 0.300. The Labute approximate surface area is 157 Å². The van der Waals surface area contributed by atoms with E-state index in [2.05, 4.69) is 6.07 Å².